The highest BCUT2D eigenvalue weighted by Gasteiger charge is 2.45. The topological polar surface area (TPSA) is 155 Å². The fraction of sp³-hybridized carbons (Fsp3) is 0.581. The zero-order valence-corrected chi connectivity index (χ0v) is 27.0. The molecule has 0 radical (unpaired) electrons. The second-order valence-electron chi connectivity index (χ2n) is 13.0. The van der Waals surface area contributed by atoms with Crippen LogP contribution in [0.1, 0.15) is 50.5 Å². The van der Waals surface area contributed by atoms with Gasteiger partial charge >= 0.3 is 0 Å². The number of nitrogens with two attached hydrogens (primary N) is 2. The Hall–Kier alpha value is -2.91. The Kier molecular flexibility index (Phi) is 9.29. The lowest BCUT2D eigenvalue weighted by Gasteiger charge is -2.37. The summed E-state index contributed by atoms with van der Waals surface area (Å²) in [6.07, 6.45) is 2.96. The third-order valence-electron chi connectivity index (χ3n) is 9.80. The molecule has 0 bridgehead atoms. The first-order valence-corrected chi connectivity index (χ1v) is 17.7. The number of pyridine rings is 1. The zero-order valence-electron chi connectivity index (χ0n) is 25.5. The van der Waals surface area contributed by atoms with Gasteiger partial charge in [0.25, 0.3) is 5.92 Å². The van der Waals surface area contributed by atoms with E-state index in [1.165, 1.54) is 28.6 Å². The van der Waals surface area contributed by atoms with Crippen LogP contribution in [0.5, 0.6) is 0 Å². The predicted octanol–water partition coefficient (Wildman–Crippen LogP) is 2.81. The van der Waals surface area contributed by atoms with Crippen LogP contribution in [0.3, 0.4) is 0 Å². The van der Waals surface area contributed by atoms with Crippen LogP contribution < -0.4 is 26.6 Å². The maximum absolute atomic E-state index is 15.9. The van der Waals surface area contributed by atoms with Gasteiger partial charge in [-0.05, 0) is 74.9 Å². The van der Waals surface area contributed by atoms with Crippen LogP contribution in [0.15, 0.2) is 41.3 Å². The van der Waals surface area contributed by atoms with Gasteiger partial charge in [0, 0.05) is 80.4 Å². The number of alkyl halides is 2. The second-order valence-corrected chi connectivity index (χ2v) is 15.3. The van der Waals surface area contributed by atoms with Gasteiger partial charge in [0.1, 0.15) is 11.0 Å². The first kappa shape index (κ1) is 33.0. The standard InChI is InChI=1S/C31H40ClF2N7O4S/c32-27-13-21(31(33,34)20-3-1-19(2-4-20)30(43)37-24-15-22(35)16-24)14-28(38-27)39-9-11-40(12-10-39)46(44,45)26-7-5-25(6-8-26)41-18-23(36)17-29(41)42/h5-8,13-14,19-20,22-24H,1-4,9-12,15-18,35-36H2,(H,37,43)/t19-,20-,22?,23-,24?/m1/s1. The molecule has 5 N–H and O–H groups in total. The second kappa shape index (κ2) is 12.9. The van der Waals surface area contributed by atoms with Crippen molar-refractivity contribution in [3.05, 3.63) is 47.1 Å². The van der Waals surface area contributed by atoms with Gasteiger partial charge in [0.15, 0.2) is 0 Å². The number of carbonyl (C=O) groups is 2. The molecule has 2 aromatic rings. The van der Waals surface area contributed by atoms with Crippen molar-refractivity contribution in [1.82, 2.24) is 14.6 Å². The van der Waals surface area contributed by atoms with Crippen molar-refractivity contribution >= 4 is 44.9 Å². The van der Waals surface area contributed by atoms with E-state index in [1.54, 1.807) is 21.9 Å². The Labute approximate surface area is 272 Å². The molecule has 15 heteroatoms. The summed E-state index contributed by atoms with van der Waals surface area (Å²) < 4.78 is 59.8. The minimum atomic E-state index is -3.83. The van der Waals surface area contributed by atoms with Crippen LogP contribution in [0.25, 0.3) is 0 Å². The van der Waals surface area contributed by atoms with Gasteiger partial charge in [-0.1, -0.05) is 11.6 Å². The number of nitrogens with one attached hydrogen (secondary N) is 1. The minimum absolute atomic E-state index is 0.0634. The maximum Gasteiger partial charge on any atom is 0.276 e. The molecule has 0 unspecified atom stereocenters. The molecule has 1 aromatic carbocycles. The minimum Gasteiger partial charge on any atom is -0.354 e. The quantitative estimate of drug-likeness (QED) is 0.360. The smallest absolute Gasteiger partial charge is 0.276 e. The molecular formula is C31H40ClF2N7O4S. The lowest BCUT2D eigenvalue weighted by Crippen LogP contribution is -2.52. The highest BCUT2D eigenvalue weighted by Crippen LogP contribution is 2.46. The number of hydrogen-bond acceptors (Lipinski definition) is 8. The molecule has 6 rings (SSSR count). The van der Waals surface area contributed by atoms with Crippen LogP contribution in [0.2, 0.25) is 5.15 Å². The Bertz CT molecular complexity index is 1560. The van der Waals surface area contributed by atoms with Crippen molar-refractivity contribution in [1.29, 1.82) is 0 Å². The summed E-state index contributed by atoms with van der Waals surface area (Å²) in [6.45, 7) is 1.11. The van der Waals surface area contributed by atoms with E-state index < -0.39 is 21.9 Å². The molecule has 4 aliphatic rings. The van der Waals surface area contributed by atoms with E-state index in [9.17, 15) is 18.0 Å². The number of anilines is 2. The molecule has 2 amide bonds. The maximum atomic E-state index is 15.9. The van der Waals surface area contributed by atoms with Crippen LogP contribution >= 0.6 is 11.6 Å². The highest BCUT2D eigenvalue weighted by atomic mass is 35.5. The third-order valence-corrected chi connectivity index (χ3v) is 11.9. The van der Waals surface area contributed by atoms with Gasteiger partial charge in [-0.25, -0.2) is 22.2 Å². The van der Waals surface area contributed by atoms with E-state index in [2.05, 4.69) is 10.3 Å². The lowest BCUT2D eigenvalue weighted by molar-refractivity contribution is -0.130. The molecule has 250 valence electrons. The molecule has 3 heterocycles. The van der Waals surface area contributed by atoms with E-state index in [0.717, 1.165) is 12.8 Å². The molecule has 11 nitrogen and oxygen atoms in total. The fourth-order valence-electron chi connectivity index (χ4n) is 6.98. The first-order valence-electron chi connectivity index (χ1n) is 15.8. The number of amides is 2. The molecule has 2 aliphatic carbocycles. The first-order chi connectivity index (χ1) is 21.8. The van der Waals surface area contributed by atoms with E-state index in [4.69, 9.17) is 23.1 Å². The summed E-state index contributed by atoms with van der Waals surface area (Å²) in [5.74, 6) is -4.30. The molecule has 2 aliphatic heterocycles. The van der Waals surface area contributed by atoms with Crippen LogP contribution in [0, 0.1) is 11.8 Å². The number of nitrogens with zero attached hydrogens (tertiary/aromatic N) is 4. The van der Waals surface area contributed by atoms with Crippen molar-refractivity contribution < 1.29 is 26.8 Å². The van der Waals surface area contributed by atoms with Gasteiger partial charge in [-0.15, -0.1) is 0 Å². The average Bonchev–Trinajstić information content (AvgIpc) is 3.37. The number of carbonyl (C=O) groups excluding carboxylic acids is 2. The van der Waals surface area contributed by atoms with E-state index in [0.29, 0.717) is 25.1 Å². The summed E-state index contributed by atoms with van der Waals surface area (Å²) in [5, 5.41) is 2.93. The summed E-state index contributed by atoms with van der Waals surface area (Å²) in [7, 11) is -3.83. The van der Waals surface area contributed by atoms with Crippen molar-refractivity contribution in [2.45, 2.75) is 73.9 Å². The summed E-state index contributed by atoms with van der Waals surface area (Å²) in [5.41, 5.74) is 12.0. The summed E-state index contributed by atoms with van der Waals surface area (Å²) in [6, 6.07) is 8.65. The monoisotopic (exact) mass is 679 g/mol. The molecule has 4 fully saturated rings. The third kappa shape index (κ3) is 6.73. The number of piperazine rings is 1. The Balaban J connectivity index is 1.06. The molecular weight excluding hydrogens is 640 g/mol. The summed E-state index contributed by atoms with van der Waals surface area (Å²) >= 11 is 6.24. The van der Waals surface area contributed by atoms with Gasteiger partial charge in [-0.3, -0.25) is 9.59 Å². The highest BCUT2D eigenvalue weighted by molar-refractivity contribution is 7.89. The molecule has 2 saturated carbocycles. The van der Waals surface area contributed by atoms with E-state index in [-0.39, 0.29) is 103 Å². The van der Waals surface area contributed by atoms with Gasteiger partial charge in [-0.2, -0.15) is 4.31 Å². The van der Waals surface area contributed by atoms with E-state index >= 15 is 8.78 Å². The van der Waals surface area contributed by atoms with Crippen molar-refractivity contribution in [2.75, 3.05) is 42.5 Å². The lowest BCUT2D eigenvalue weighted by atomic mass is 9.76. The molecule has 1 atom stereocenters. The van der Waals surface area contributed by atoms with Crippen LogP contribution in [0.4, 0.5) is 20.3 Å². The predicted molar refractivity (Wildman–Crippen MR) is 170 cm³/mol. The molecule has 46 heavy (non-hydrogen) atoms. The van der Waals surface area contributed by atoms with Crippen molar-refractivity contribution in [3.63, 3.8) is 0 Å². The largest absolute Gasteiger partial charge is 0.354 e. The molecule has 0 spiro atoms. The average molecular weight is 680 g/mol. The Morgan fingerprint density at radius 2 is 1.63 bits per heavy atom. The Morgan fingerprint density at radius 1 is 0.978 bits per heavy atom. The van der Waals surface area contributed by atoms with Crippen molar-refractivity contribution in [2.24, 2.45) is 23.3 Å². The fourth-order valence-corrected chi connectivity index (χ4v) is 8.61. The van der Waals surface area contributed by atoms with Crippen LogP contribution in [-0.4, -0.2) is 80.4 Å². The number of halogens is 3. The molecule has 2 saturated heterocycles. The SMILES string of the molecule is NC1CC(NC(=O)[C@H]2CC[C@H](C(F)(F)c3cc(Cl)nc(N4CCN(S(=O)(=O)c5ccc(N6C[C@H](N)CC6=O)cc5)CC4)c3)CC2)C1. The number of sulfonamides is 1. The van der Waals surface area contributed by atoms with Gasteiger partial charge < -0.3 is 26.6 Å². The number of benzene rings is 1. The number of rotatable bonds is 8. The number of aromatic nitrogens is 1. The van der Waals surface area contributed by atoms with Gasteiger partial charge in [0.2, 0.25) is 21.8 Å². The zero-order chi connectivity index (χ0) is 32.8. The van der Waals surface area contributed by atoms with Crippen LogP contribution in [-0.2, 0) is 25.5 Å². The van der Waals surface area contributed by atoms with Gasteiger partial charge in [0.05, 0.1) is 4.90 Å². The molecule has 1 aromatic heterocycles. The van der Waals surface area contributed by atoms with E-state index in [1.807, 2.05) is 0 Å². The van der Waals surface area contributed by atoms with Crippen molar-refractivity contribution in [3.8, 4) is 0 Å². The Morgan fingerprint density at radius 3 is 2.22 bits per heavy atom. The normalized spacial score (nSPS) is 27.8. The summed E-state index contributed by atoms with van der Waals surface area (Å²) in [4.78, 5) is 32.5. The number of hydrogen-bond donors (Lipinski definition) is 3.